The summed E-state index contributed by atoms with van der Waals surface area (Å²) in [7, 11) is 0. The maximum absolute atomic E-state index is 13.2. The van der Waals surface area contributed by atoms with E-state index in [9.17, 15) is 13.2 Å². The van der Waals surface area contributed by atoms with Gasteiger partial charge < -0.3 is 15.4 Å². The predicted molar refractivity (Wildman–Crippen MR) is 119 cm³/mol. The second-order valence-electron chi connectivity index (χ2n) is 10.6. The first-order valence-electron chi connectivity index (χ1n) is 12.1. The van der Waals surface area contributed by atoms with E-state index in [4.69, 9.17) is 15.5 Å². The lowest BCUT2D eigenvalue weighted by molar-refractivity contribution is -0.137. The number of aliphatic imine (C=N–C) groups is 1. The van der Waals surface area contributed by atoms with Crippen molar-refractivity contribution in [3.05, 3.63) is 29.3 Å². The molecule has 4 nitrogen and oxygen atoms in total. The number of hydrogen-bond donors (Lipinski definition) is 1. The van der Waals surface area contributed by atoms with Gasteiger partial charge >= 0.3 is 6.18 Å². The molecule has 3 aliphatic heterocycles. The van der Waals surface area contributed by atoms with Crippen LogP contribution in [0.25, 0.3) is 0 Å². The summed E-state index contributed by atoms with van der Waals surface area (Å²) in [4.78, 5) is 7.44. The van der Waals surface area contributed by atoms with Crippen molar-refractivity contribution in [2.45, 2.75) is 57.2 Å². The number of piperidine rings is 1. The second-order valence-corrected chi connectivity index (χ2v) is 10.6. The Morgan fingerprint density at radius 1 is 1.22 bits per heavy atom. The highest BCUT2D eigenvalue weighted by molar-refractivity contribution is 5.92. The lowest BCUT2D eigenvalue weighted by Crippen LogP contribution is -2.52. The van der Waals surface area contributed by atoms with E-state index < -0.39 is 11.7 Å². The summed E-state index contributed by atoms with van der Waals surface area (Å²) < 4.78 is 45.1. The lowest BCUT2D eigenvalue weighted by atomic mass is 9.62. The van der Waals surface area contributed by atoms with Gasteiger partial charge in [-0.15, -0.1) is 0 Å². The standard InChI is InChI=1S/C25H34F3N3O/c1-16-20-13-18-12-19(25(26,27)28)2-3-22(18)30-23(20)14-17-4-8-31(15-21(16)17)9-5-24(29)6-10-32-11-7-24/h2-3,12,16-17,20-21H,4-11,13-15,29H2,1H3/t16-,17+,20?,21+/m0/s1. The number of rotatable bonds is 3. The van der Waals surface area contributed by atoms with Crippen molar-refractivity contribution in [1.82, 2.24) is 4.90 Å². The molecule has 4 aliphatic rings. The summed E-state index contributed by atoms with van der Waals surface area (Å²) in [6.07, 6.45) is 1.40. The first kappa shape index (κ1) is 22.4. The van der Waals surface area contributed by atoms with E-state index in [0.717, 1.165) is 69.8 Å². The van der Waals surface area contributed by atoms with Gasteiger partial charge in [-0.25, -0.2) is 0 Å². The monoisotopic (exact) mass is 449 g/mol. The summed E-state index contributed by atoms with van der Waals surface area (Å²) >= 11 is 0. The van der Waals surface area contributed by atoms with E-state index in [2.05, 4.69) is 11.8 Å². The van der Waals surface area contributed by atoms with Gasteiger partial charge in [0.2, 0.25) is 0 Å². The molecule has 0 aromatic heterocycles. The van der Waals surface area contributed by atoms with Gasteiger partial charge in [-0.3, -0.25) is 4.99 Å². The highest BCUT2D eigenvalue weighted by atomic mass is 19.4. The minimum Gasteiger partial charge on any atom is -0.381 e. The van der Waals surface area contributed by atoms with E-state index in [1.807, 2.05) is 0 Å². The Morgan fingerprint density at radius 2 is 2.00 bits per heavy atom. The maximum atomic E-state index is 13.2. The molecule has 1 saturated carbocycles. The molecule has 0 radical (unpaired) electrons. The Labute approximate surface area is 188 Å². The first-order valence-corrected chi connectivity index (χ1v) is 12.1. The molecule has 1 aromatic rings. The van der Waals surface area contributed by atoms with Crippen molar-refractivity contribution in [2.24, 2.45) is 34.4 Å². The van der Waals surface area contributed by atoms with Gasteiger partial charge in [-0.1, -0.05) is 6.92 Å². The van der Waals surface area contributed by atoms with Gasteiger partial charge in [0.1, 0.15) is 0 Å². The molecule has 4 atom stereocenters. The third-order valence-corrected chi connectivity index (χ3v) is 8.63. The van der Waals surface area contributed by atoms with E-state index in [1.165, 1.54) is 24.3 Å². The molecule has 2 saturated heterocycles. The molecule has 7 heteroatoms. The van der Waals surface area contributed by atoms with Crippen LogP contribution in [0.3, 0.4) is 0 Å². The summed E-state index contributed by atoms with van der Waals surface area (Å²) in [5.74, 6) is 1.88. The SMILES string of the molecule is C[C@H]1C2Cc3cc(C(F)(F)F)ccc3N=C2C[C@H]2CCN(CCC3(N)CCOCC3)C[C@@H]21. The Hall–Kier alpha value is -1.44. The zero-order chi connectivity index (χ0) is 22.5. The lowest BCUT2D eigenvalue weighted by Gasteiger charge is -2.49. The highest BCUT2D eigenvalue weighted by Gasteiger charge is 2.44. The topological polar surface area (TPSA) is 50.8 Å². The fourth-order valence-electron chi connectivity index (χ4n) is 6.44. The molecular weight excluding hydrogens is 415 g/mol. The van der Waals surface area contributed by atoms with Crippen LogP contribution in [0.5, 0.6) is 0 Å². The van der Waals surface area contributed by atoms with Crippen LogP contribution in [0.15, 0.2) is 23.2 Å². The van der Waals surface area contributed by atoms with Crippen molar-refractivity contribution in [2.75, 3.05) is 32.8 Å². The molecule has 3 heterocycles. The fourth-order valence-corrected chi connectivity index (χ4v) is 6.44. The average molecular weight is 450 g/mol. The number of benzene rings is 1. The smallest absolute Gasteiger partial charge is 0.381 e. The Balaban J connectivity index is 1.27. The van der Waals surface area contributed by atoms with Gasteiger partial charge in [0, 0.05) is 36.9 Å². The minimum atomic E-state index is -4.31. The molecule has 176 valence electrons. The predicted octanol–water partition coefficient (Wildman–Crippen LogP) is 4.83. The van der Waals surface area contributed by atoms with Crippen molar-refractivity contribution in [1.29, 1.82) is 0 Å². The molecule has 0 spiro atoms. The third-order valence-electron chi connectivity index (χ3n) is 8.63. The van der Waals surface area contributed by atoms with E-state index in [0.29, 0.717) is 24.2 Å². The number of nitrogens with two attached hydrogens (primary N) is 1. The number of fused-ring (bicyclic) bond motifs is 3. The summed E-state index contributed by atoms with van der Waals surface area (Å²) in [6, 6.07) is 4.04. The van der Waals surface area contributed by atoms with E-state index >= 15 is 0 Å². The van der Waals surface area contributed by atoms with Crippen LogP contribution in [0.4, 0.5) is 18.9 Å². The molecule has 32 heavy (non-hydrogen) atoms. The van der Waals surface area contributed by atoms with Crippen LogP contribution >= 0.6 is 0 Å². The fraction of sp³-hybridized carbons (Fsp3) is 0.720. The van der Waals surface area contributed by atoms with Gasteiger partial charge in [-0.2, -0.15) is 13.2 Å². The van der Waals surface area contributed by atoms with Crippen LogP contribution in [-0.4, -0.2) is 49.0 Å². The van der Waals surface area contributed by atoms with Crippen molar-refractivity contribution in [3.8, 4) is 0 Å². The third kappa shape index (κ3) is 4.36. The second kappa shape index (κ2) is 8.41. The van der Waals surface area contributed by atoms with Crippen molar-refractivity contribution in [3.63, 3.8) is 0 Å². The average Bonchev–Trinajstić information content (AvgIpc) is 2.76. The number of nitrogens with zero attached hydrogens (tertiary/aromatic N) is 2. The van der Waals surface area contributed by atoms with Crippen LogP contribution in [0.2, 0.25) is 0 Å². The molecule has 2 N–H and O–H groups in total. The van der Waals surface area contributed by atoms with Gasteiger partial charge in [0.15, 0.2) is 0 Å². The first-order chi connectivity index (χ1) is 15.2. The largest absolute Gasteiger partial charge is 0.416 e. The maximum Gasteiger partial charge on any atom is 0.416 e. The molecule has 0 bridgehead atoms. The molecule has 1 unspecified atom stereocenters. The van der Waals surface area contributed by atoms with Crippen LogP contribution in [0, 0.1) is 23.7 Å². The summed E-state index contributed by atoms with van der Waals surface area (Å²) in [6.45, 7) is 7.01. The Morgan fingerprint density at radius 3 is 2.75 bits per heavy atom. The zero-order valence-corrected chi connectivity index (χ0v) is 18.8. The van der Waals surface area contributed by atoms with Gasteiger partial charge in [0.25, 0.3) is 0 Å². The number of halogens is 3. The van der Waals surface area contributed by atoms with Crippen LogP contribution in [0.1, 0.15) is 50.2 Å². The minimum absolute atomic E-state index is 0.101. The molecule has 1 aliphatic carbocycles. The highest BCUT2D eigenvalue weighted by Crippen LogP contribution is 2.47. The normalized spacial score (nSPS) is 32.5. The Kier molecular flexibility index (Phi) is 5.87. The molecular formula is C25H34F3N3O. The number of alkyl halides is 3. The Bertz CT molecular complexity index is 878. The summed E-state index contributed by atoms with van der Waals surface area (Å²) in [5, 5.41) is 0. The van der Waals surface area contributed by atoms with Crippen molar-refractivity contribution >= 4 is 11.4 Å². The van der Waals surface area contributed by atoms with Crippen LogP contribution in [-0.2, 0) is 17.3 Å². The van der Waals surface area contributed by atoms with Gasteiger partial charge in [-0.05, 0) is 93.1 Å². The van der Waals surface area contributed by atoms with Crippen molar-refractivity contribution < 1.29 is 17.9 Å². The number of likely N-dealkylation sites (tertiary alicyclic amines) is 1. The summed E-state index contributed by atoms with van der Waals surface area (Å²) in [5.41, 5.74) is 8.63. The van der Waals surface area contributed by atoms with E-state index in [-0.39, 0.29) is 11.5 Å². The quantitative estimate of drug-likeness (QED) is 0.719. The number of ether oxygens (including phenoxy) is 1. The van der Waals surface area contributed by atoms with Gasteiger partial charge in [0.05, 0.1) is 11.3 Å². The molecule has 1 aromatic carbocycles. The zero-order valence-electron chi connectivity index (χ0n) is 18.8. The molecule has 5 rings (SSSR count). The number of hydrogen-bond acceptors (Lipinski definition) is 4. The molecule has 0 amide bonds. The van der Waals surface area contributed by atoms with E-state index in [1.54, 1.807) is 6.07 Å². The van der Waals surface area contributed by atoms with Crippen LogP contribution < -0.4 is 5.73 Å². The molecule has 3 fully saturated rings.